The summed E-state index contributed by atoms with van der Waals surface area (Å²) >= 11 is 0. The number of nitrogens with one attached hydrogen (secondary N) is 2. The number of aliphatic hydroxyl groups excluding tert-OH is 1. The fourth-order valence-electron chi connectivity index (χ4n) is 2.73. The molecule has 1 atom stereocenters. The molecule has 7 heteroatoms. The molecule has 160 valence electrons. The minimum absolute atomic E-state index is 0. The molecule has 0 saturated heterocycles. The molecule has 2 aromatic rings. The van der Waals surface area contributed by atoms with Crippen molar-refractivity contribution in [1.29, 1.82) is 0 Å². The van der Waals surface area contributed by atoms with Crippen LogP contribution in [0.15, 0.2) is 47.5 Å². The third kappa shape index (κ3) is 8.10. The molecule has 29 heavy (non-hydrogen) atoms. The summed E-state index contributed by atoms with van der Waals surface area (Å²) in [6.07, 6.45) is -0.645. The van der Waals surface area contributed by atoms with Crippen molar-refractivity contribution in [3.05, 3.63) is 59.2 Å². The molecule has 0 aliphatic rings. The molecule has 2 rings (SSSR count). The number of nitrogens with zero attached hydrogens (tertiary/aromatic N) is 1. The third-order valence-electron chi connectivity index (χ3n) is 4.24. The predicted octanol–water partition coefficient (Wildman–Crippen LogP) is 3.81. The zero-order valence-electron chi connectivity index (χ0n) is 17.6. The number of hydrogen-bond acceptors (Lipinski definition) is 4. The molecule has 3 N–H and O–H groups in total. The van der Waals surface area contributed by atoms with Gasteiger partial charge in [-0.25, -0.2) is 4.99 Å². The lowest BCUT2D eigenvalue weighted by molar-refractivity contribution is 0.180. The van der Waals surface area contributed by atoms with Gasteiger partial charge in [0.25, 0.3) is 0 Å². The zero-order valence-corrected chi connectivity index (χ0v) is 19.9. The summed E-state index contributed by atoms with van der Waals surface area (Å²) < 4.78 is 10.9. The van der Waals surface area contributed by atoms with Gasteiger partial charge in [0.1, 0.15) is 11.5 Å². The van der Waals surface area contributed by atoms with Crippen LogP contribution in [-0.2, 0) is 6.54 Å². The molecule has 0 aromatic heterocycles. The standard InChI is InChI=1S/C22H31N3O3.HI/c1-5-23-22(24-14-18-8-7-16(3)13-21(18)28-6-2)25-15-20(26)17-9-11-19(27-4)12-10-17;/h7-13,20,26H,5-6,14-15H2,1-4H3,(H2,23,24,25);1H. The van der Waals surface area contributed by atoms with Crippen LogP contribution in [0.2, 0.25) is 0 Å². The molecule has 0 heterocycles. The Bertz CT molecular complexity index is 766. The minimum Gasteiger partial charge on any atom is -0.497 e. The van der Waals surface area contributed by atoms with E-state index in [2.05, 4.69) is 21.7 Å². The van der Waals surface area contributed by atoms with Crippen molar-refractivity contribution in [3.63, 3.8) is 0 Å². The maximum Gasteiger partial charge on any atom is 0.191 e. The van der Waals surface area contributed by atoms with Crippen molar-refractivity contribution in [3.8, 4) is 11.5 Å². The smallest absolute Gasteiger partial charge is 0.191 e. The largest absolute Gasteiger partial charge is 0.497 e. The highest BCUT2D eigenvalue weighted by Gasteiger charge is 2.09. The van der Waals surface area contributed by atoms with Gasteiger partial charge in [0.15, 0.2) is 5.96 Å². The van der Waals surface area contributed by atoms with Crippen molar-refractivity contribution in [2.45, 2.75) is 33.4 Å². The summed E-state index contributed by atoms with van der Waals surface area (Å²) in [6.45, 7) is 8.22. The second kappa shape index (κ2) is 13.3. The van der Waals surface area contributed by atoms with Gasteiger partial charge in [0.2, 0.25) is 0 Å². The lowest BCUT2D eigenvalue weighted by atomic mass is 10.1. The van der Waals surface area contributed by atoms with Gasteiger partial charge in [-0.2, -0.15) is 0 Å². The number of aliphatic hydroxyl groups is 1. The van der Waals surface area contributed by atoms with Crippen LogP contribution in [0, 0.1) is 6.92 Å². The van der Waals surface area contributed by atoms with Crippen molar-refractivity contribution in [2.75, 3.05) is 26.8 Å². The quantitative estimate of drug-likeness (QED) is 0.270. The first-order chi connectivity index (χ1) is 13.6. The van der Waals surface area contributed by atoms with Gasteiger partial charge < -0.3 is 25.2 Å². The highest BCUT2D eigenvalue weighted by Crippen LogP contribution is 2.21. The van der Waals surface area contributed by atoms with E-state index in [1.54, 1.807) is 7.11 Å². The number of methoxy groups -OCH3 is 1. The van der Waals surface area contributed by atoms with E-state index in [9.17, 15) is 5.11 Å². The third-order valence-corrected chi connectivity index (χ3v) is 4.24. The summed E-state index contributed by atoms with van der Waals surface area (Å²) in [5, 5.41) is 16.8. The molecule has 0 aliphatic heterocycles. The molecule has 2 aromatic carbocycles. The highest BCUT2D eigenvalue weighted by molar-refractivity contribution is 14.0. The molecule has 0 spiro atoms. The molecule has 0 aliphatic carbocycles. The van der Waals surface area contributed by atoms with Crippen LogP contribution < -0.4 is 20.1 Å². The van der Waals surface area contributed by atoms with E-state index < -0.39 is 6.10 Å². The van der Waals surface area contributed by atoms with E-state index in [0.717, 1.165) is 34.7 Å². The van der Waals surface area contributed by atoms with E-state index in [-0.39, 0.29) is 24.0 Å². The fraction of sp³-hybridized carbons (Fsp3) is 0.409. The maximum absolute atomic E-state index is 10.4. The molecule has 0 radical (unpaired) electrons. The molecule has 0 fully saturated rings. The molecule has 0 amide bonds. The van der Waals surface area contributed by atoms with Gasteiger partial charge in [-0.15, -0.1) is 24.0 Å². The van der Waals surface area contributed by atoms with Crippen molar-refractivity contribution < 1.29 is 14.6 Å². The Labute approximate surface area is 190 Å². The number of rotatable bonds is 9. The number of hydrogen-bond donors (Lipinski definition) is 3. The molecule has 0 saturated carbocycles. The Morgan fingerprint density at radius 3 is 2.45 bits per heavy atom. The van der Waals surface area contributed by atoms with Crippen LogP contribution in [-0.4, -0.2) is 37.9 Å². The second-order valence-electron chi connectivity index (χ2n) is 6.41. The van der Waals surface area contributed by atoms with Gasteiger partial charge in [-0.1, -0.05) is 24.3 Å². The Kier molecular flexibility index (Phi) is 11.5. The Hall–Kier alpha value is -2.00. The van der Waals surface area contributed by atoms with Crippen LogP contribution in [0.25, 0.3) is 0 Å². The number of ether oxygens (including phenoxy) is 2. The number of aryl methyl sites for hydroxylation is 1. The Morgan fingerprint density at radius 2 is 1.83 bits per heavy atom. The molecule has 0 bridgehead atoms. The van der Waals surface area contributed by atoms with Crippen LogP contribution in [0.3, 0.4) is 0 Å². The predicted molar refractivity (Wildman–Crippen MR) is 129 cm³/mol. The summed E-state index contributed by atoms with van der Waals surface area (Å²) in [5.41, 5.74) is 3.01. The second-order valence-corrected chi connectivity index (χ2v) is 6.41. The number of benzene rings is 2. The van der Waals surface area contributed by atoms with Gasteiger partial charge in [-0.3, -0.25) is 0 Å². The Balaban J connectivity index is 0.00000420. The number of halogens is 1. The Morgan fingerprint density at radius 1 is 1.10 bits per heavy atom. The van der Waals surface area contributed by atoms with Gasteiger partial charge >= 0.3 is 0 Å². The van der Waals surface area contributed by atoms with E-state index in [1.807, 2.05) is 57.2 Å². The van der Waals surface area contributed by atoms with Gasteiger partial charge in [0.05, 0.1) is 26.4 Å². The summed E-state index contributed by atoms with van der Waals surface area (Å²) in [5.74, 6) is 2.28. The fourth-order valence-corrected chi connectivity index (χ4v) is 2.73. The normalized spacial score (nSPS) is 12.0. The minimum atomic E-state index is -0.645. The lowest BCUT2D eigenvalue weighted by Gasteiger charge is -2.16. The first-order valence-electron chi connectivity index (χ1n) is 9.63. The zero-order chi connectivity index (χ0) is 20.4. The molecule has 1 unspecified atom stereocenters. The van der Waals surface area contributed by atoms with Crippen LogP contribution in [0.1, 0.15) is 36.6 Å². The first-order valence-corrected chi connectivity index (χ1v) is 9.63. The SMILES string of the molecule is CCNC(=NCc1ccc(C)cc1OCC)NCC(O)c1ccc(OC)cc1.I. The molecule has 6 nitrogen and oxygen atoms in total. The number of guanidine groups is 1. The summed E-state index contributed by atoms with van der Waals surface area (Å²) in [6, 6.07) is 13.5. The van der Waals surface area contributed by atoms with E-state index in [4.69, 9.17) is 9.47 Å². The topological polar surface area (TPSA) is 75.1 Å². The van der Waals surface area contributed by atoms with E-state index in [0.29, 0.717) is 25.7 Å². The van der Waals surface area contributed by atoms with Crippen LogP contribution >= 0.6 is 24.0 Å². The lowest BCUT2D eigenvalue weighted by Crippen LogP contribution is -2.39. The first kappa shape index (κ1) is 25.0. The van der Waals surface area contributed by atoms with Crippen molar-refractivity contribution in [1.82, 2.24) is 10.6 Å². The monoisotopic (exact) mass is 513 g/mol. The van der Waals surface area contributed by atoms with E-state index >= 15 is 0 Å². The molecular formula is C22H32IN3O3. The van der Waals surface area contributed by atoms with E-state index in [1.165, 1.54) is 0 Å². The van der Waals surface area contributed by atoms with Crippen LogP contribution in [0.4, 0.5) is 0 Å². The average molecular weight is 513 g/mol. The van der Waals surface area contributed by atoms with Crippen LogP contribution in [0.5, 0.6) is 11.5 Å². The van der Waals surface area contributed by atoms with Crippen molar-refractivity contribution in [2.24, 2.45) is 4.99 Å². The number of aliphatic imine (C=N–C) groups is 1. The molecular weight excluding hydrogens is 481 g/mol. The maximum atomic E-state index is 10.4. The van der Waals surface area contributed by atoms with Crippen molar-refractivity contribution >= 4 is 29.9 Å². The van der Waals surface area contributed by atoms with Gasteiger partial charge in [0, 0.05) is 18.7 Å². The summed E-state index contributed by atoms with van der Waals surface area (Å²) in [4.78, 5) is 4.63. The summed E-state index contributed by atoms with van der Waals surface area (Å²) in [7, 11) is 1.62. The highest BCUT2D eigenvalue weighted by atomic mass is 127. The average Bonchev–Trinajstić information content (AvgIpc) is 2.71. The van der Waals surface area contributed by atoms with Gasteiger partial charge in [-0.05, 0) is 50.1 Å².